The molecule has 0 bridgehead atoms. The Hall–Kier alpha value is -3.44. The minimum Gasteiger partial charge on any atom is -0.322 e. The van der Waals surface area contributed by atoms with Crippen molar-refractivity contribution in [3.05, 3.63) is 77.6 Å². The van der Waals surface area contributed by atoms with Gasteiger partial charge < -0.3 is 15.5 Å². The molecule has 2 amide bonds. The van der Waals surface area contributed by atoms with Gasteiger partial charge in [-0.1, -0.05) is 6.07 Å². The van der Waals surface area contributed by atoms with Crippen LogP contribution in [0.4, 0.5) is 24.7 Å². The van der Waals surface area contributed by atoms with Crippen molar-refractivity contribution in [2.24, 2.45) is 0 Å². The van der Waals surface area contributed by atoms with Crippen molar-refractivity contribution in [3.8, 4) is 0 Å². The van der Waals surface area contributed by atoms with Crippen molar-refractivity contribution >= 4 is 35.1 Å². The van der Waals surface area contributed by atoms with Gasteiger partial charge in [0.25, 0.3) is 5.91 Å². The highest BCUT2D eigenvalue weighted by Gasteiger charge is 2.30. The van der Waals surface area contributed by atoms with Gasteiger partial charge in [0.2, 0.25) is 5.91 Å². The van der Waals surface area contributed by atoms with Gasteiger partial charge in [-0.25, -0.2) is 9.97 Å². The monoisotopic (exact) mass is 489 g/mol. The maximum atomic E-state index is 13.0. The Kier molecular flexibility index (Phi) is 8.24. The number of benzene rings is 1. The predicted molar refractivity (Wildman–Crippen MR) is 125 cm³/mol. The number of nitrogens with zero attached hydrogens (tertiary/aromatic N) is 3. The number of thioether (sulfide) groups is 1. The molecule has 0 unspecified atom stereocenters. The standard InChI is InChI=1S/C23H22F3N5O2S/c1-31(2)13-20(32)30-19-11-15(8-10-27-19)14-34-22-18(7-4-9-28-22)21(33)29-17-6-3-5-16(12-17)23(24,25)26/h3-12H,13-14H2,1-2H3,(H,29,33)(H,27,30,32). The molecule has 11 heteroatoms. The number of carbonyl (C=O) groups is 2. The van der Waals surface area contributed by atoms with Gasteiger partial charge >= 0.3 is 6.18 Å². The number of nitrogens with one attached hydrogen (secondary N) is 2. The summed E-state index contributed by atoms with van der Waals surface area (Å²) in [5, 5.41) is 5.64. The number of likely N-dealkylation sites (N-methyl/N-ethyl adjacent to an activating group) is 1. The van der Waals surface area contributed by atoms with Crippen molar-refractivity contribution in [2.45, 2.75) is 17.0 Å². The number of hydrogen-bond donors (Lipinski definition) is 2. The van der Waals surface area contributed by atoms with E-state index in [9.17, 15) is 22.8 Å². The number of aromatic nitrogens is 2. The zero-order valence-electron chi connectivity index (χ0n) is 18.4. The summed E-state index contributed by atoms with van der Waals surface area (Å²) >= 11 is 1.28. The molecule has 0 saturated carbocycles. The Morgan fingerprint density at radius 1 is 1.00 bits per heavy atom. The van der Waals surface area contributed by atoms with Gasteiger partial charge in [-0.15, -0.1) is 11.8 Å². The van der Waals surface area contributed by atoms with E-state index >= 15 is 0 Å². The number of carbonyl (C=O) groups excluding carboxylic acids is 2. The molecule has 2 heterocycles. The fourth-order valence-electron chi connectivity index (χ4n) is 2.90. The molecular formula is C23H22F3N5O2S. The Morgan fingerprint density at radius 2 is 1.79 bits per heavy atom. The highest BCUT2D eigenvalue weighted by atomic mass is 32.2. The Morgan fingerprint density at radius 3 is 2.53 bits per heavy atom. The van der Waals surface area contributed by atoms with Gasteiger partial charge in [-0.05, 0) is 62.1 Å². The maximum absolute atomic E-state index is 13.0. The largest absolute Gasteiger partial charge is 0.416 e. The lowest BCUT2D eigenvalue weighted by atomic mass is 10.2. The molecule has 178 valence electrons. The number of halogens is 3. The first-order valence-corrected chi connectivity index (χ1v) is 11.1. The third-order valence-electron chi connectivity index (χ3n) is 4.39. The van der Waals surface area contributed by atoms with Crippen molar-refractivity contribution in [1.82, 2.24) is 14.9 Å². The number of anilines is 2. The van der Waals surface area contributed by atoms with Gasteiger partial charge in [-0.3, -0.25) is 9.59 Å². The summed E-state index contributed by atoms with van der Waals surface area (Å²) in [6.45, 7) is 0.221. The Bertz CT molecular complexity index is 1170. The maximum Gasteiger partial charge on any atom is 0.416 e. The molecule has 1 aromatic carbocycles. The molecule has 0 fully saturated rings. The van der Waals surface area contributed by atoms with Crippen LogP contribution >= 0.6 is 11.8 Å². The van der Waals surface area contributed by atoms with Crippen LogP contribution in [0.3, 0.4) is 0 Å². The number of amides is 2. The zero-order chi connectivity index (χ0) is 24.7. The fourth-order valence-corrected chi connectivity index (χ4v) is 3.84. The normalized spacial score (nSPS) is 11.4. The highest BCUT2D eigenvalue weighted by molar-refractivity contribution is 7.98. The Balaban J connectivity index is 1.69. The van der Waals surface area contributed by atoms with E-state index in [0.29, 0.717) is 16.6 Å². The second-order valence-electron chi connectivity index (χ2n) is 7.51. The lowest BCUT2D eigenvalue weighted by molar-refractivity contribution is -0.137. The van der Waals surface area contributed by atoms with E-state index in [1.807, 2.05) is 0 Å². The lowest BCUT2D eigenvalue weighted by Gasteiger charge is -2.12. The third-order valence-corrected chi connectivity index (χ3v) is 5.47. The molecule has 3 rings (SSSR count). The zero-order valence-corrected chi connectivity index (χ0v) is 19.2. The topological polar surface area (TPSA) is 87.2 Å². The molecule has 0 aliphatic rings. The summed E-state index contributed by atoms with van der Waals surface area (Å²) in [7, 11) is 3.57. The first-order chi connectivity index (χ1) is 16.1. The molecular weight excluding hydrogens is 467 g/mol. The molecule has 7 nitrogen and oxygen atoms in total. The summed E-state index contributed by atoms with van der Waals surface area (Å²) < 4.78 is 38.9. The first kappa shape index (κ1) is 25.2. The van der Waals surface area contributed by atoms with Crippen molar-refractivity contribution in [1.29, 1.82) is 0 Å². The average Bonchev–Trinajstić information content (AvgIpc) is 2.77. The highest BCUT2D eigenvalue weighted by Crippen LogP contribution is 2.31. The fraction of sp³-hybridized carbons (Fsp3) is 0.217. The molecule has 0 radical (unpaired) electrons. The molecule has 0 atom stereocenters. The van der Waals surface area contributed by atoms with Gasteiger partial charge in [0.15, 0.2) is 0 Å². The Labute approximate surface area is 198 Å². The van der Waals surface area contributed by atoms with Crippen LogP contribution in [0.1, 0.15) is 21.5 Å². The van der Waals surface area contributed by atoms with Crippen LogP contribution in [0, 0.1) is 0 Å². The SMILES string of the molecule is CN(C)CC(=O)Nc1cc(CSc2ncccc2C(=O)Nc2cccc(C(F)(F)F)c2)ccn1. The molecule has 0 saturated heterocycles. The summed E-state index contributed by atoms with van der Waals surface area (Å²) in [5.74, 6) is 0.0790. The summed E-state index contributed by atoms with van der Waals surface area (Å²) in [5.41, 5.74) is 0.262. The average molecular weight is 490 g/mol. The van der Waals surface area contributed by atoms with Crippen LogP contribution < -0.4 is 10.6 Å². The minimum absolute atomic E-state index is 0.0341. The molecule has 0 aliphatic carbocycles. The van der Waals surface area contributed by atoms with E-state index in [4.69, 9.17) is 0 Å². The molecule has 0 aliphatic heterocycles. The van der Waals surface area contributed by atoms with E-state index in [-0.39, 0.29) is 23.7 Å². The molecule has 0 spiro atoms. The predicted octanol–water partition coefficient (Wildman–Crippen LogP) is 4.54. The van der Waals surface area contributed by atoms with E-state index in [0.717, 1.165) is 17.7 Å². The third kappa shape index (κ3) is 7.29. The summed E-state index contributed by atoms with van der Waals surface area (Å²) in [6, 6.07) is 11.1. The van der Waals surface area contributed by atoms with Gasteiger partial charge in [0.1, 0.15) is 10.8 Å². The van der Waals surface area contributed by atoms with Crippen molar-refractivity contribution in [3.63, 3.8) is 0 Å². The van der Waals surface area contributed by atoms with E-state index in [1.165, 1.54) is 30.1 Å². The number of alkyl halides is 3. The number of hydrogen-bond acceptors (Lipinski definition) is 6. The summed E-state index contributed by atoms with van der Waals surface area (Å²) in [6.07, 6.45) is -1.41. The van der Waals surface area contributed by atoms with E-state index in [1.54, 1.807) is 49.5 Å². The number of rotatable bonds is 8. The van der Waals surface area contributed by atoms with Crippen LogP contribution in [-0.2, 0) is 16.7 Å². The second-order valence-corrected chi connectivity index (χ2v) is 8.48. The van der Waals surface area contributed by atoms with Crippen LogP contribution in [0.15, 0.2) is 66.0 Å². The molecule has 2 aromatic heterocycles. The molecule has 3 aromatic rings. The van der Waals surface area contributed by atoms with E-state index < -0.39 is 17.6 Å². The van der Waals surface area contributed by atoms with Crippen LogP contribution in [-0.4, -0.2) is 47.3 Å². The van der Waals surface area contributed by atoms with E-state index in [2.05, 4.69) is 20.6 Å². The number of pyridine rings is 2. The molecule has 34 heavy (non-hydrogen) atoms. The lowest BCUT2D eigenvalue weighted by Crippen LogP contribution is -2.27. The van der Waals surface area contributed by atoms with Crippen LogP contribution in [0.2, 0.25) is 0 Å². The second kappa shape index (κ2) is 11.1. The van der Waals surface area contributed by atoms with Gasteiger partial charge in [-0.2, -0.15) is 13.2 Å². The molecule has 2 N–H and O–H groups in total. The van der Waals surface area contributed by atoms with Crippen LogP contribution in [0.25, 0.3) is 0 Å². The van der Waals surface area contributed by atoms with Crippen molar-refractivity contribution < 1.29 is 22.8 Å². The quantitative estimate of drug-likeness (QED) is 0.452. The summed E-state index contributed by atoms with van der Waals surface area (Å²) in [4.78, 5) is 34.8. The smallest absolute Gasteiger partial charge is 0.322 e. The van der Waals surface area contributed by atoms with Gasteiger partial charge in [0, 0.05) is 23.8 Å². The first-order valence-electron chi connectivity index (χ1n) is 10.1. The minimum atomic E-state index is -4.51. The van der Waals surface area contributed by atoms with Gasteiger partial charge in [0.05, 0.1) is 17.7 Å². The van der Waals surface area contributed by atoms with Crippen molar-refractivity contribution in [2.75, 3.05) is 31.3 Å². The van der Waals surface area contributed by atoms with Crippen LogP contribution in [0.5, 0.6) is 0 Å².